The lowest BCUT2D eigenvalue weighted by Gasteiger charge is -2.24. The van der Waals surface area contributed by atoms with E-state index < -0.39 is 24.0 Å². The van der Waals surface area contributed by atoms with Crippen LogP contribution in [-0.4, -0.2) is 29.1 Å². The maximum absolute atomic E-state index is 12.4. The number of alkyl halides is 3. The second kappa shape index (κ2) is 7.75. The van der Waals surface area contributed by atoms with Gasteiger partial charge in [-0.2, -0.15) is 5.26 Å². The van der Waals surface area contributed by atoms with Crippen molar-refractivity contribution in [3.8, 4) is 17.7 Å². The van der Waals surface area contributed by atoms with E-state index in [1.54, 1.807) is 6.92 Å². The summed E-state index contributed by atoms with van der Waals surface area (Å²) in [6.07, 6.45) is -4.99. The van der Waals surface area contributed by atoms with Crippen molar-refractivity contribution in [3.63, 3.8) is 0 Å². The molecule has 2 aromatic rings. The quantitative estimate of drug-likeness (QED) is 0.729. The molecule has 0 bridgehead atoms. The van der Waals surface area contributed by atoms with E-state index in [0.717, 1.165) is 12.1 Å². The maximum Gasteiger partial charge on any atom is 0.573 e. The van der Waals surface area contributed by atoms with E-state index in [-0.39, 0.29) is 30.4 Å². The molecule has 1 aliphatic rings. The molecule has 3 N–H and O–H groups in total. The molecule has 0 saturated heterocycles. The number of carbonyl (C=O) groups excluding carboxylic acids is 1. The fraction of sp³-hybridized carbons (Fsp3) is 0.278. The Morgan fingerprint density at radius 2 is 2.07 bits per heavy atom. The van der Waals surface area contributed by atoms with Crippen LogP contribution in [0.5, 0.6) is 11.6 Å². The van der Waals surface area contributed by atoms with Crippen molar-refractivity contribution in [1.82, 2.24) is 10.2 Å². The van der Waals surface area contributed by atoms with Crippen molar-refractivity contribution in [2.75, 3.05) is 6.61 Å². The number of nitrogens with one attached hydrogen (secondary N) is 1. The van der Waals surface area contributed by atoms with Crippen LogP contribution in [0.4, 0.5) is 13.2 Å². The molecule has 0 radical (unpaired) electrons. The Morgan fingerprint density at radius 3 is 2.66 bits per heavy atom. The highest BCUT2D eigenvalue weighted by Crippen LogP contribution is 2.43. The number of hydrogen-bond donors (Lipinski definition) is 2. The van der Waals surface area contributed by atoms with Gasteiger partial charge in [0.15, 0.2) is 0 Å². The van der Waals surface area contributed by atoms with E-state index in [0.29, 0.717) is 16.8 Å². The molecular formula is C18H15F3N4O4. The van der Waals surface area contributed by atoms with Crippen molar-refractivity contribution in [2.45, 2.75) is 25.6 Å². The second-order valence-electron chi connectivity index (χ2n) is 5.94. The minimum Gasteiger partial charge on any atom is -0.466 e. The van der Waals surface area contributed by atoms with Crippen LogP contribution < -0.4 is 15.2 Å². The van der Waals surface area contributed by atoms with Crippen molar-refractivity contribution in [2.24, 2.45) is 5.73 Å². The van der Waals surface area contributed by atoms with Crippen LogP contribution in [0.25, 0.3) is 0 Å². The summed E-state index contributed by atoms with van der Waals surface area (Å²) in [5.41, 5.74) is 7.02. The zero-order chi connectivity index (χ0) is 21.2. The third-order valence-electron chi connectivity index (χ3n) is 4.09. The van der Waals surface area contributed by atoms with Gasteiger partial charge < -0.3 is 19.9 Å². The highest BCUT2D eigenvalue weighted by molar-refractivity contribution is 5.73. The number of halogens is 3. The zero-order valence-electron chi connectivity index (χ0n) is 15.0. The van der Waals surface area contributed by atoms with Crippen LogP contribution >= 0.6 is 0 Å². The number of rotatable bonds is 5. The largest absolute Gasteiger partial charge is 0.573 e. The molecule has 0 aliphatic carbocycles. The average molecular weight is 408 g/mol. The third kappa shape index (κ3) is 4.26. The van der Waals surface area contributed by atoms with Gasteiger partial charge >= 0.3 is 12.3 Å². The molecule has 0 amide bonds. The van der Waals surface area contributed by atoms with Crippen LogP contribution in [-0.2, 0) is 16.0 Å². The van der Waals surface area contributed by atoms with Gasteiger partial charge in [-0.1, -0.05) is 12.1 Å². The minimum atomic E-state index is -4.83. The van der Waals surface area contributed by atoms with Gasteiger partial charge in [-0.3, -0.25) is 9.89 Å². The fourth-order valence-electron chi connectivity index (χ4n) is 3.00. The van der Waals surface area contributed by atoms with Gasteiger partial charge in [0.05, 0.1) is 30.2 Å². The van der Waals surface area contributed by atoms with Crippen LogP contribution in [0, 0.1) is 11.3 Å². The summed E-state index contributed by atoms with van der Waals surface area (Å²) in [7, 11) is 0. The maximum atomic E-state index is 12.4. The SMILES string of the molecule is CCOC(=O)Cc1[nH]nc2c1C(c1ccc(OC(F)(F)F)cc1)C(C#N)=C(N)O2. The summed E-state index contributed by atoms with van der Waals surface area (Å²) in [6.45, 7) is 1.85. The summed E-state index contributed by atoms with van der Waals surface area (Å²) in [4.78, 5) is 11.9. The van der Waals surface area contributed by atoms with E-state index in [1.165, 1.54) is 12.1 Å². The Bertz CT molecular complexity index is 990. The molecule has 0 saturated carbocycles. The minimum absolute atomic E-state index is 0.0356. The topological polar surface area (TPSA) is 123 Å². The molecule has 3 rings (SSSR count). The number of nitrogens with two attached hydrogens (primary N) is 1. The summed E-state index contributed by atoms with van der Waals surface area (Å²) >= 11 is 0. The number of aromatic amines is 1. The third-order valence-corrected chi connectivity index (χ3v) is 4.09. The zero-order valence-corrected chi connectivity index (χ0v) is 15.0. The van der Waals surface area contributed by atoms with Gasteiger partial charge in [0, 0.05) is 0 Å². The van der Waals surface area contributed by atoms with Gasteiger partial charge in [0.2, 0.25) is 11.8 Å². The molecule has 8 nitrogen and oxygen atoms in total. The summed E-state index contributed by atoms with van der Waals surface area (Å²) in [6, 6.07) is 6.93. The molecule has 152 valence electrons. The first kappa shape index (κ1) is 20.1. The molecule has 1 aliphatic heterocycles. The van der Waals surface area contributed by atoms with E-state index in [4.69, 9.17) is 15.2 Å². The fourth-order valence-corrected chi connectivity index (χ4v) is 3.00. The summed E-state index contributed by atoms with van der Waals surface area (Å²) in [5, 5.41) is 16.2. The predicted octanol–water partition coefficient (Wildman–Crippen LogP) is 2.63. The number of benzene rings is 1. The smallest absolute Gasteiger partial charge is 0.466 e. The van der Waals surface area contributed by atoms with Gasteiger partial charge in [0.25, 0.3) is 0 Å². The second-order valence-corrected chi connectivity index (χ2v) is 5.94. The van der Waals surface area contributed by atoms with Gasteiger partial charge in [-0.05, 0) is 24.6 Å². The summed E-state index contributed by atoms with van der Waals surface area (Å²) in [5.74, 6) is -1.85. The number of nitrogens with zero attached hydrogens (tertiary/aromatic N) is 2. The van der Waals surface area contributed by atoms with Crippen molar-refractivity contribution >= 4 is 5.97 Å². The van der Waals surface area contributed by atoms with E-state index in [2.05, 4.69) is 14.9 Å². The van der Waals surface area contributed by atoms with Crippen LogP contribution in [0.3, 0.4) is 0 Å². The molecule has 0 fully saturated rings. The first-order chi connectivity index (χ1) is 13.7. The van der Waals surface area contributed by atoms with Crippen LogP contribution in [0.2, 0.25) is 0 Å². The predicted molar refractivity (Wildman–Crippen MR) is 91.3 cm³/mol. The van der Waals surface area contributed by atoms with Crippen molar-refractivity contribution < 1.29 is 32.2 Å². The number of H-pyrrole nitrogens is 1. The van der Waals surface area contributed by atoms with E-state index >= 15 is 0 Å². The Hall–Kier alpha value is -3.68. The van der Waals surface area contributed by atoms with Gasteiger partial charge in [-0.25, -0.2) is 0 Å². The molecule has 1 unspecified atom stereocenters. The molecule has 1 aromatic heterocycles. The number of esters is 1. The molecule has 11 heteroatoms. The Kier molecular flexibility index (Phi) is 5.36. The van der Waals surface area contributed by atoms with Crippen LogP contribution in [0.15, 0.2) is 35.7 Å². The summed E-state index contributed by atoms with van der Waals surface area (Å²) < 4.78 is 51.4. The van der Waals surface area contributed by atoms with Crippen molar-refractivity contribution in [1.29, 1.82) is 5.26 Å². The number of aromatic nitrogens is 2. The first-order valence-corrected chi connectivity index (χ1v) is 8.39. The first-order valence-electron chi connectivity index (χ1n) is 8.39. The van der Waals surface area contributed by atoms with Crippen molar-refractivity contribution in [3.05, 3.63) is 52.5 Å². The number of allylic oxidation sites excluding steroid dienone is 1. The van der Waals surface area contributed by atoms with Crippen LogP contribution in [0.1, 0.15) is 29.7 Å². The normalized spacial score (nSPS) is 15.9. The highest BCUT2D eigenvalue weighted by Gasteiger charge is 2.36. The number of hydrogen-bond acceptors (Lipinski definition) is 7. The average Bonchev–Trinajstić information content (AvgIpc) is 3.02. The van der Waals surface area contributed by atoms with Gasteiger partial charge in [-0.15, -0.1) is 18.3 Å². The van der Waals surface area contributed by atoms with E-state index in [1.807, 2.05) is 6.07 Å². The monoisotopic (exact) mass is 408 g/mol. The lowest BCUT2D eigenvalue weighted by molar-refractivity contribution is -0.274. The molecule has 29 heavy (non-hydrogen) atoms. The standard InChI is InChI=1S/C18H15F3N4O4/c1-2-27-13(26)7-12-15-14(11(8-22)16(23)28-17(15)25-24-12)9-3-5-10(6-4-9)29-18(19,20)21/h3-6,14H,2,7,23H2,1H3,(H,24,25). The molecule has 2 heterocycles. The lowest BCUT2D eigenvalue weighted by atomic mass is 9.83. The Labute approximate surface area is 162 Å². The number of nitriles is 1. The van der Waals surface area contributed by atoms with Gasteiger partial charge in [0.1, 0.15) is 17.4 Å². The number of ether oxygens (including phenoxy) is 3. The molecular weight excluding hydrogens is 393 g/mol. The molecule has 1 atom stereocenters. The molecule has 1 aromatic carbocycles. The van der Waals surface area contributed by atoms with E-state index in [9.17, 15) is 23.2 Å². The lowest BCUT2D eigenvalue weighted by Crippen LogP contribution is -2.22. The Morgan fingerprint density at radius 1 is 1.38 bits per heavy atom. The number of carbonyl (C=O) groups is 1. The Balaban J connectivity index is 2.02. The molecule has 0 spiro atoms. The highest BCUT2D eigenvalue weighted by atomic mass is 19.4. The number of fused-ring (bicyclic) bond motifs is 1.